The van der Waals surface area contributed by atoms with Gasteiger partial charge in [0.05, 0.1) is 6.07 Å². The second-order valence-electron chi connectivity index (χ2n) is 4.52. The summed E-state index contributed by atoms with van der Waals surface area (Å²) in [5.74, 6) is 0. The number of hydrogen-bond donors (Lipinski definition) is 1. The molecule has 1 N–H and O–H groups in total. The second-order valence-corrected chi connectivity index (χ2v) is 4.52. The maximum Gasteiger partial charge on any atom is 0.121 e. The van der Waals surface area contributed by atoms with E-state index in [0.717, 1.165) is 24.9 Å². The van der Waals surface area contributed by atoms with Gasteiger partial charge in [-0.1, -0.05) is 60.7 Å². The number of benzene rings is 2. The molecule has 0 bridgehead atoms. The topological polar surface area (TPSA) is 35.8 Å². The van der Waals surface area contributed by atoms with Crippen LogP contribution in [0.25, 0.3) is 0 Å². The molecule has 2 aromatic carbocycles. The molecule has 2 nitrogen and oxygen atoms in total. The van der Waals surface area contributed by atoms with Crippen LogP contribution in [0.2, 0.25) is 0 Å². The van der Waals surface area contributed by atoms with E-state index < -0.39 is 0 Å². The van der Waals surface area contributed by atoms with Crippen molar-refractivity contribution >= 4 is 12.4 Å². The van der Waals surface area contributed by atoms with Gasteiger partial charge in [0.25, 0.3) is 0 Å². The molecule has 0 heterocycles. The molecule has 1 unspecified atom stereocenters. The Morgan fingerprint density at radius 1 is 0.950 bits per heavy atom. The maximum absolute atomic E-state index is 9.18. The van der Waals surface area contributed by atoms with Crippen LogP contribution in [0.1, 0.15) is 23.6 Å². The zero-order chi connectivity index (χ0) is 13.3. The van der Waals surface area contributed by atoms with Crippen molar-refractivity contribution in [2.24, 2.45) is 0 Å². The first kappa shape index (κ1) is 16.2. The number of nitriles is 1. The molecule has 0 amide bonds. The molecule has 0 aliphatic heterocycles. The lowest BCUT2D eigenvalue weighted by molar-refractivity contribution is 0.603. The van der Waals surface area contributed by atoms with Crippen molar-refractivity contribution in [1.82, 2.24) is 5.32 Å². The number of hydrogen-bond acceptors (Lipinski definition) is 2. The Morgan fingerprint density at radius 2 is 1.55 bits per heavy atom. The third-order valence-electron chi connectivity index (χ3n) is 3.10. The predicted molar refractivity (Wildman–Crippen MR) is 84.8 cm³/mol. The Balaban J connectivity index is 0.00000200. The Hall–Kier alpha value is -1.82. The predicted octanol–water partition coefficient (Wildman–Crippen LogP) is 3.90. The number of aryl methyl sites for hydroxylation is 1. The first-order valence-corrected chi connectivity index (χ1v) is 6.62. The minimum Gasteiger partial charge on any atom is -0.298 e. The molecule has 0 fully saturated rings. The van der Waals surface area contributed by atoms with Crippen molar-refractivity contribution in [3.05, 3.63) is 71.8 Å². The summed E-state index contributed by atoms with van der Waals surface area (Å²) in [5.41, 5.74) is 2.38. The Bertz CT molecular complexity index is 520. The molecule has 0 aliphatic rings. The van der Waals surface area contributed by atoms with Crippen LogP contribution in [0.15, 0.2) is 60.7 Å². The number of halogens is 1. The van der Waals surface area contributed by atoms with E-state index in [2.05, 4.69) is 35.7 Å². The summed E-state index contributed by atoms with van der Waals surface area (Å²) < 4.78 is 0. The fourth-order valence-corrected chi connectivity index (χ4v) is 2.07. The van der Waals surface area contributed by atoms with E-state index in [1.54, 1.807) is 0 Å². The first-order valence-electron chi connectivity index (χ1n) is 6.62. The van der Waals surface area contributed by atoms with Crippen molar-refractivity contribution in [2.45, 2.75) is 18.9 Å². The van der Waals surface area contributed by atoms with Gasteiger partial charge in [-0.3, -0.25) is 5.32 Å². The third-order valence-corrected chi connectivity index (χ3v) is 3.10. The van der Waals surface area contributed by atoms with Crippen LogP contribution in [-0.2, 0) is 6.42 Å². The summed E-state index contributed by atoms with van der Waals surface area (Å²) >= 11 is 0. The molecule has 0 radical (unpaired) electrons. The van der Waals surface area contributed by atoms with E-state index in [1.807, 2.05) is 36.4 Å². The summed E-state index contributed by atoms with van der Waals surface area (Å²) in [6.45, 7) is 0.849. The molecule has 0 aromatic heterocycles. The average Bonchev–Trinajstić information content (AvgIpc) is 2.49. The van der Waals surface area contributed by atoms with Crippen molar-refractivity contribution in [3.8, 4) is 6.07 Å². The second kappa shape index (κ2) is 9.14. The average molecular weight is 287 g/mol. The largest absolute Gasteiger partial charge is 0.298 e. The Morgan fingerprint density at radius 3 is 2.15 bits per heavy atom. The van der Waals surface area contributed by atoms with Crippen LogP contribution in [0.4, 0.5) is 0 Å². The smallest absolute Gasteiger partial charge is 0.121 e. The van der Waals surface area contributed by atoms with E-state index in [0.29, 0.717) is 0 Å². The summed E-state index contributed by atoms with van der Waals surface area (Å²) in [4.78, 5) is 0. The lowest BCUT2D eigenvalue weighted by atomic mass is 10.1. The fraction of sp³-hybridized carbons (Fsp3) is 0.235. The molecule has 0 aliphatic carbocycles. The van der Waals surface area contributed by atoms with Crippen LogP contribution in [0.5, 0.6) is 0 Å². The molecule has 3 heteroatoms. The van der Waals surface area contributed by atoms with Gasteiger partial charge in [-0.2, -0.15) is 5.26 Å². The summed E-state index contributed by atoms with van der Waals surface area (Å²) in [6.07, 6.45) is 2.08. The number of nitrogens with zero attached hydrogens (tertiary/aromatic N) is 1. The monoisotopic (exact) mass is 286 g/mol. The van der Waals surface area contributed by atoms with Gasteiger partial charge >= 0.3 is 0 Å². The zero-order valence-corrected chi connectivity index (χ0v) is 12.1. The van der Waals surface area contributed by atoms with Crippen LogP contribution in [0.3, 0.4) is 0 Å². The summed E-state index contributed by atoms with van der Waals surface area (Å²) in [5, 5.41) is 12.5. The molecule has 2 rings (SSSR count). The van der Waals surface area contributed by atoms with Crippen molar-refractivity contribution in [1.29, 1.82) is 5.26 Å². The van der Waals surface area contributed by atoms with Gasteiger partial charge in [0.15, 0.2) is 0 Å². The lowest BCUT2D eigenvalue weighted by Crippen LogP contribution is -2.21. The van der Waals surface area contributed by atoms with Gasteiger partial charge in [0, 0.05) is 0 Å². The fourth-order valence-electron chi connectivity index (χ4n) is 2.07. The van der Waals surface area contributed by atoms with Gasteiger partial charge in [-0.25, -0.2) is 0 Å². The Kier molecular flexibility index (Phi) is 7.42. The quantitative estimate of drug-likeness (QED) is 0.818. The van der Waals surface area contributed by atoms with Gasteiger partial charge < -0.3 is 0 Å². The van der Waals surface area contributed by atoms with Gasteiger partial charge in [-0.05, 0) is 30.5 Å². The zero-order valence-electron chi connectivity index (χ0n) is 11.3. The van der Waals surface area contributed by atoms with Crippen molar-refractivity contribution in [3.63, 3.8) is 0 Å². The van der Waals surface area contributed by atoms with E-state index in [-0.39, 0.29) is 18.4 Å². The van der Waals surface area contributed by atoms with Gasteiger partial charge in [-0.15, -0.1) is 12.4 Å². The SMILES string of the molecule is Cl.N#CC(NCCCc1ccccc1)c1ccccc1. The third kappa shape index (κ3) is 5.05. The molecule has 20 heavy (non-hydrogen) atoms. The molecular formula is C17H19ClN2. The molecular weight excluding hydrogens is 268 g/mol. The van der Waals surface area contributed by atoms with Gasteiger partial charge in [0.1, 0.15) is 6.04 Å². The highest BCUT2D eigenvalue weighted by molar-refractivity contribution is 5.85. The normalized spacial score (nSPS) is 11.2. The maximum atomic E-state index is 9.18. The summed E-state index contributed by atoms with van der Waals surface area (Å²) in [7, 11) is 0. The minimum absolute atomic E-state index is 0. The molecule has 0 saturated heterocycles. The standard InChI is InChI=1S/C17H18N2.ClH/c18-14-17(16-11-5-2-6-12-16)19-13-7-10-15-8-3-1-4-9-15;/h1-6,8-9,11-12,17,19H,7,10,13H2;1H. The van der Waals surface area contributed by atoms with Crippen molar-refractivity contribution < 1.29 is 0 Å². The van der Waals surface area contributed by atoms with Crippen LogP contribution >= 0.6 is 12.4 Å². The molecule has 0 saturated carbocycles. The highest BCUT2D eigenvalue weighted by Gasteiger charge is 2.07. The number of rotatable bonds is 6. The minimum atomic E-state index is -0.211. The highest BCUT2D eigenvalue weighted by Crippen LogP contribution is 2.11. The lowest BCUT2D eigenvalue weighted by Gasteiger charge is -2.11. The van der Waals surface area contributed by atoms with E-state index in [4.69, 9.17) is 0 Å². The highest BCUT2D eigenvalue weighted by atomic mass is 35.5. The molecule has 0 spiro atoms. The Labute approximate surface area is 126 Å². The summed E-state index contributed by atoms with van der Waals surface area (Å²) in [6, 6.07) is 22.4. The van der Waals surface area contributed by atoms with E-state index in [1.165, 1.54) is 5.56 Å². The van der Waals surface area contributed by atoms with Crippen LogP contribution in [-0.4, -0.2) is 6.54 Å². The number of nitrogens with one attached hydrogen (secondary N) is 1. The molecule has 1 atom stereocenters. The van der Waals surface area contributed by atoms with E-state index >= 15 is 0 Å². The first-order chi connectivity index (χ1) is 9.40. The van der Waals surface area contributed by atoms with Crippen LogP contribution < -0.4 is 5.32 Å². The molecule has 104 valence electrons. The van der Waals surface area contributed by atoms with Crippen molar-refractivity contribution in [2.75, 3.05) is 6.54 Å². The molecule has 2 aromatic rings. The van der Waals surface area contributed by atoms with Gasteiger partial charge in [0.2, 0.25) is 0 Å². The van der Waals surface area contributed by atoms with Crippen LogP contribution in [0, 0.1) is 11.3 Å². The van der Waals surface area contributed by atoms with E-state index in [9.17, 15) is 5.26 Å².